The highest BCUT2D eigenvalue weighted by atomic mass is 19.1. The maximum absolute atomic E-state index is 13.9. The largest absolute Gasteiger partial charge is 0.494 e. The standard InChI is InChI=1S/C30H31FN4O4/c1-34(2)18-26(36)35(3)23-12-10-22(11-13-23)32-29(20-7-5-6-19(16-20)8-15-27(37)39-4)28-24-14-9-21(31)17-25(24)33-30(28)38/h5-7,9-14,16-17,33,38H,8,15,18H2,1-4H3. The summed E-state index contributed by atoms with van der Waals surface area (Å²) < 4.78 is 18.7. The molecule has 1 amide bonds. The van der Waals surface area contributed by atoms with E-state index in [1.54, 1.807) is 42.3 Å². The van der Waals surface area contributed by atoms with Crippen molar-refractivity contribution in [2.24, 2.45) is 4.99 Å². The minimum Gasteiger partial charge on any atom is -0.494 e. The summed E-state index contributed by atoms with van der Waals surface area (Å²) in [5, 5.41) is 11.5. The summed E-state index contributed by atoms with van der Waals surface area (Å²) in [6.07, 6.45) is 0.701. The summed E-state index contributed by atoms with van der Waals surface area (Å²) in [7, 11) is 6.75. The molecule has 0 saturated heterocycles. The molecular weight excluding hydrogens is 499 g/mol. The molecule has 0 atom stereocenters. The van der Waals surface area contributed by atoms with E-state index < -0.39 is 5.82 Å². The van der Waals surface area contributed by atoms with E-state index in [0.29, 0.717) is 39.8 Å². The number of hydrogen-bond donors (Lipinski definition) is 2. The lowest BCUT2D eigenvalue weighted by Gasteiger charge is -2.19. The van der Waals surface area contributed by atoms with Gasteiger partial charge < -0.3 is 24.6 Å². The molecular formula is C30H31FN4O4. The number of H-pyrrole nitrogens is 1. The Hall–Kier alpha value is -4.50. The van der Waals surface area contributed by atoms with Gasteiger partial charge in [-0.3, -0.25) is 9.59 Å². The van der Waals surface area contributed by atoms with Gasteiger partial charge in [0.05, 0.1) is 36.1 Å². The highest BCUT2D eigenvalue weighted by Gasteiger charge is 2.20. The number of aryl methyl sites for hydroxylation is 1. The Bertz CT molecular complexity index is 1530. The molecule has 2 N–H and O–H groups in total. The van der Waals surface area contributed by atoms with E-state index in [1.165, 1.54) is 19.2 Å². The van der Waals surface area contributed by atoms with Crippen LogP contribution in [0.3, 0.4) is 0 Å². The van der Waals surface area contributed by atoms with Crippen molar-refractivity contribution in [2.45, 2.75) is 12.8 Å². The number of anilines is 1. The Labute approximate surface area is 226 Å². The fourth-order valence-corrected chi connectivity index (χ4v) is 4.28. The predicted octanol–water partition coefficient (Wildman–Crippen LogP) is 4.81. The molecule has 3 aromatic carbocycles. The number of halogens is 1. The Morgan fingerprint density at radius 1 is 1.03 bits per heavy atom. The molecule has 9 heteroatoms. The molecule has 0 unspecified atom stereocenters. The van der Waals surface area contributed by atoms with E-state index in [0.717, 1.165) is 11.3 Å². The third kappa shape index (κ3) is 6.50. The number of esters is 1. The van der Waals surface area contributed by atoms with Gasteiger partial charge in [0.1, 0.15) is 5.82 Å². The third-order valence-corrected chi connectivity index (χ3v) is 6.33. The number of carbonyl (C=O) groups is 2. The van der Waals surface area contributed by atoms with Gasteiger partial charge in [-0.1, -0.05) is 18.2 Å². The number of nitrogens with zero attached hydrogens (tertiary/aromatic N) is 3. The molecule has 0 aliphatic heterocycles. The monoisotopic (exact) mass is 530 g/mol. The number of hydrogen-bond acceptors (Lipinski definition) is 6. The maximum Gasteiger partial charge on any atom is 0.305 e. The van der Waals surface area contributed by atoms with Crippen LogP contribution in [0.5, 0.6) is 5.88 Å². The molecule has 39 heavy (non-hydrogen) atoms. The summed E-state index contributed by atoms with van der Waals surface area (Å²) >= 11 is 0. The van der Waals surface area contributed by atoms with E-state index in [9.17, 15) is 19.1 Å². The van der Waals surface area contributed by atoms with Crippen LogP contribution in [-0.2, 0) is 20.7 Å². The Morgan fingerprint density at radius 3 is 2.46 bits per heavy atom. The van der Waals surface area contributed by atoms with E-state index in [1.807, 2.05) is 43.3 Å². The van der Waals surface area contributed by atoms with Crippen LogP contribution in [0.15, 0.2) is 71.7 Å². The van der Waals surface area contributed by atoms with Crippen LogP contribution in [0, 0.1) is 5.82 Å². The maximum atomic E-state index is 13.9. The van der Waals surface area contributed by atoms with Crippen molar-refractivity contribution in [1.82, 2.24) is 9.88 Å². The first kappa shape index (κ1) is 27.5. The molecule has 8 nitrogen and oxygen atoms in total. The van der Waals surface area contributed by atoms with Gasteiger partial charge in [-0.15, -0.1) is 0 Å². The lowest BCUT2D eigenvalue weighted by molar-refractivity contribution is -0.140. The number of ether oxygens (including phenoxy) is 1. The molecule has 0 bridgehead atoms. The molecule has 0 aliphatic carbocycles. The lowest BCUT2D eigenvalue weighted by Crippen LogP contribution is -2.34. The van der Waals surface area contributed by atoms with E-state index >= 15 is 0 Å². The summed E-state index contributed by atoms with van der Waals surface area (Å²) in [6, 6.07) is 19.0. The quantitative estimate of drug-likeness (QED) is 0.239. The number of nitrogens with one attached hydrogen (secondary N) is 1. The number of aromatic nitrogens is 1. The second-order valence-electron chi connectivity index (χ2n) is 9.48. The number of rotatable bonds is 9. The van der Waals surface area contributed by atoms with Crippen molar-refractivity contribution < 1.29 is 23.8 Å². The van der Waals surface area contributed by atoms with Crippen LogP contribution in [0.4, 0.5) is 15.8 Å². The van der Waals surface area contributed by atoms with Gasteiger partial charge in [0.15, 0.2) is 5.88 Å². The summed E-state index contributed by atoms with van der Waals surface area (Å²) in [5.41, 5.74) is 4.25. The predicted molar refractivity (Wildman–Crippen MR) is 150 cm³/mol. The Balaban J connectivity index is 1.78. The molecule has 0 aliphatic rings. The highest BCUT2D eigenvalue weighted by molar-refractivity contribution is 6.22. The number of aliphatic imine (C=N–C) groups is 1. The van der Waals surface area contributed by atoms with Crippen molar-refractivity contribution >= 4 is 39.9 Å². The first-order chi connectivity index (χ1) is 18.7. The number of methoxy groups -OCH3 is 1. The van der Waals surface area contributed by atoms with Gasteiger partial charge in [0.25, 0.3) is 0 Å². The highest BCUT2D eigenvalue weighted by Crippen LogP contribution is 2.32. The smallest absolute Gasteiger partial charge is 0.305 e. The van der Waals surface area contributed by atoms with E-state index in [4.69, 9.17) is 9.73 Å². The molecule has 0 fully saturated rings. The van der Waals surface area contributed by atoms with Gasteiger partial charge in [-0.2, -0.15) is 0 Å². The normalized spacial score (nSPS) is 11.7. The van der Waals surface area contributed by atoms with Crippen LogP contribution in [0.1, 0.15) is 23.1 Å². The van der Waals surface area contributed by atoms with Crippen LogP contribution >= 0.6 is 0 Å². The van der Waals surface area contributed by atoms with Crippen LogP contribution in [-0.4, -0.2) is 67.4 Å². The second kappa shape index (κ2) is 11.9. The number of fused-ring (bicyclic) bond motifs is 1. The molecule has 1 aromatic heterocycles. The zero-order valence-electron chi connectivity index (χ0n) is 22.4. The SMILES string of the molecule is COC(=O)CCc1cccc(C(=Nc2ccc(N(C)C(=O)CN(C)C)cc2)c2c(O)[nH]c3cc(F)ccc23)c1. The van der Waals surface area contributed by atoms with Crippen molar-refractivity contribution in [3.8, 4) is 5.88 Å². The Kier molecular flexibility index (Phi) is 8.41. The van der Waals surface area contributed by atoms with Gasteiger partial charge in [0, 0.05) is 30.1 Å². The number of amides is 1. The number of likely N-dealkylation sites (N-methyl/N-ethyl adjacent to an activating group) is 2. The van der Waals surface area contributed by atoms with Crippen LogP contribution in [0.2, 0.25) is 0 Å². The van der Waals surface area contributed by atoms with E-state index in [-0.39, 0.29) is 30.7 Å². The summed E-state index contributed by atoms with van der Waals surface area (Å²) in [5.74, 6) is -0.918. The molecule has 0 spiro atoms. The minimum absolute atomic E-state index is 0.0448. The van der Waals surface area contributed by atoms with Gasteiger partial charge in [0.2, 0.25) is 5.91 Å². The van der Waals surface area contributed by atoms with E-state index in [2.05, 4.69) is 4.98 Å². The average Bonchev–Trinajstić information content (AvgIpc) is 3.24. The first-order valence-corrected chi connectivity index (χ1v) is 12.4. The number of aromatic hydroxyl groups is 1. The summed E-state index contributed by atoms with van der Waals surface area (Å²) in [4.78, 5) is 35.3. The molecule has 202 valence electrons. The number of aromatic amines is 1. The number of carbonyl (C=O) groups excluding carboxylic acids is 2. The zero-order chi connectivity index (χ0) is 28.1. The Morgan fingerprint density at radius 2 is 1.77 bits per heavy atom. The minimum atomic E-state index is -0.429. The van der Waals surface area contributed by atoms with Crippen molar-refractivity contribution in [3.05, 3.63) is 89.2 Å². The lowest BCUT2D eigenvalue weighted by atomic mass is 9.97. The van der Waals surface area contributed by atoms with Gasteiger partial charge >= 0.3 is 5.97 Å². The van der Waals surface area contributed by atoms with Crippen molar-refractivity contribution in [1.29, 1.82) is 0 Å². The van der Waals surface area contributed by atoms with Crippen LogP contribution < -0.4 is 4.90 Å². The molecule has 4 aromatic rings. The molecule has 4 rings (SSSR count). The first-order valence-electron chi connectivity index (χ1n) is 12.4. The topological polar surface area (TPSA) is 98.2 Å². The molecule has 1 heterocycles. The fourth-order valence-electron chi connectivity index (χ4n) is 4.28. The third-order valence-electron chi connectivity index (χ3n) is 6.33. The van der Waals surface area contributed by atoms with Crippen molar-refractivity contribution in [2.75, 3.05) is 39.7 Å². The van der Waals surface area contributed by atoms with Gasteiger partial charge in [-0.25, -0.2) is 9.38 Å². The zero-order valence-corrected chi connectivity index (χ0v) is 22.4. The molecule has 0 radical (unpaired) electrons. The van der Waals surface area contributed by atoms with Gasteiger partial charge in [-0.05, 0) is 74.6 Å². The average molecular weight is 531 g/mol. The molecule has 0 saturated carbocycles. The van der Waals surface area contributed by atoms with Crippen molar-refractivity contribution in [3.63, 3.8) is 0 Å². The number of benzene rings is 3. The van der Waals surface area contributed by atoms with Crippen LogP contribution in [0.25, 0.3) is 10.9 Å². The summed E-state index contributed by atoms with van der Waals surface area (Å²) in [6.45, 7) is 0.285. The second-order valence-corrected chi connectivity index (χ2v) is 9.48. The fraction of sp³-hybridized carbons (Fsp3) is 0.233.